The maximum Gasteiger partial charge on any atom is 0.235 e. The lowest BCUT2D eigenvalue weighted by molar-refractivity contribution is 0.974. The first-order valence-electron chi connectivity index (χ1n) is 7.14. The lowest BCUT2D eigenvalue weighted by Crippen LogP contribution is -2.33. The molecular weight excluding hydrogens is 295 g/mol. The van der Waals surface area contributed by atoms with Gasteiger partial charge in [0.2, 0.25) is 14.8 Å². The standard InChI is InChI=1S/C14H28Cl2Si2/c1-7-9-17(15,13(3)4)11-12-18(16,10-8-2)14(5)6/h13-14H,7-10H2,1-6H3. The zero-order valence-corrected chi connectivity index (χ0v) is 16.3. The smallest absolute Gasteiger partial charge is 0.150 e. The van der Waals surface area contributed by atoms with Crippen LogP contribution in [0.15, 0.2) is 0 Å². The molecule has 0 aliphatic rings. The average molecular weight is 323 g/mol. The topological polar surface area (TPSA) is 0 Å². The van der Waals surface area contributed by atoms with Gasteiger partial charge in [0.25, 0.3) is 0 Å². The second-order valence-electron chi connectivity index (χ2n) is 5.78. The molecule has 2 atom stereocenters. The van der Waals surface area contributed by atoms with Gasteiger partial charge in [0.05, 0.1) is 0 Å². The minimum Gasteiger partial charge on any atom is -0.150 e. The van der Waals surface area contributed by atoms with Crippen molar-refractivity contribution in [1.29, 1.82) is 0 Å². The van der Waals surface area contributed by atoms with Gasteiger partial charge in [0.15, 0.2) is 0 Å². The summed E-state index contributed by atoms with van der Waals surface area (Å²) in [4.78, 5) is 0. The summed E-state index contributed by atoms with van der Waals surface area (Å²) in [7, 11) is -3.90. The molecule has 0 bridgehead atoms. The van der Waals surface area contributed by atoms with Crippen LogP contribution in [0, 0.1) is 11.1 Å². The van der Waals surface area contributed by atoms with Gasteiger partial charge >= 0.3 is 0 Å². The van der Waals surface area contributed by atoms with Gasteiger partial charge in [-0.1, -0.05) is 54.4 Å². The molecule has 0 aromatic carbocycles. The van der Waals surface area contributed by atoms with E-state index in [4.69, 9.17) is 22.2 Å². The highest BCUT2D eigenvalue weighted by molar-refractivity contribution is 7.28. The molecule has 0 spiro atoms. The van der Waals surface area contributed by atoms with E-state index in [-0.39, 0.29) is 0 Å². The Hall–Kier alpha value is 0.574. The molecule has 0 saturated heterocycles. The molecule has 0 saturated carbocycles. The molecular formula is C14H28Cl2Si2. The summed E-state index contributed by atoms with van der Waals surface area (Å²) >= 11 is 13.6. The van der Waals surface area contributed by atoms with Crippen molar-refractivity contribution in [3.8, 4) is 11.1 Å². The van der Waals surface area contributed by atoms with Gasteiger partial charge < -0.3 is 0 Å². The lowest BCUT2D eigenvalue weighted by atomic mass is 10.5. The first-order chi connectivity index (χ1) is 8.22. The van der Waals surface area contributed by atoms with E-state index in [0.29, 0.717) is 11.1 Å². The zero-order valence-electron chi connectivity index (χ0n) is 12.7. The zero-order chi connectivity index (χ0) is 14.4. The Kier molecular flexibility index (Phi) is 8.25. The maximum absolute atomic E-state index is 6.81. The largest absolute Gasteiger partial charge is 0.235 e. The van der Waals surface area contributed by atoms with Crippen LogP contribution in [0.5, 0.6) is 0 Å². The molecule has 4 heteroatoms. The fraction of sp³-hybridized carbons (Fsp3) is 0.857. The van der Waals surface area contributed by atoms with Crippen molar-refractivity contribution in [1.82, 2.24) is 0 Å². The van der Waals surface area contributed by atoms with Crippen LogP contribution in [-0.2, 0) is 0 Å². The second-order valence-corrected chi connectivity index (χ2v) is 17.1. The van der Waals surface area contributed by atoms with Crippen molar-refractivity contribution < 1.29 is 0 Å². The first kappa shape index (κ1) is 18.6. The first-order valence-corrected chi connectivity index (χ1v) is 13.7. The summed E-state index contributed by atoms with van der Waals surface area (Å²) in [6.07, 6.45) is 2.24. The average Bonchev–Trinajstić information content (AvgIpc) is 2.27. The van der Waals surface area contributed by atoms with E-state index in [1.165, 1.54) is 0 Å². The van der Waals surface area contributed by atoms with Crippen LogP contribution in [0.4, 0.5) is 0 Å². The van der Waals surface area contributed by atoms with Crippen LogP contribution in [0.3, 0.4) is 0 Å². The van der Waals surface area contributed by atoms with Gasteiger partial charge in [-0.25, -0.2) is 0 Å². The van der Waals surface area contributed by atoms with E-state index < -0.39 is 14.8 Å². The summed E-state index contributed by atoms with van der Waals surface area (Å²) in [6, 6.07) is 2.15. The molecule has 0 amide bonds. The molecule has 0 rings (SSSR count). The van der Waals surface area contributed by atoms with Crippen molar-refractivity contribution in [2.75, 3.05) is 0 Å². The van der Waals surface area contributed by atoms with Crippen molar-refractivity contribution in [3.63, 3.8) is 0 Å². The predicted molar refractivity (Wildman–Crippen MR) is 91.4 cm³/mol. The third-order valence-electron chi connectivity index (χ3n) is 3.54. The van der Waals surface area contributed by atoms with Gasteiger partial charge in [-0.3, -0.25) is 0 Å². The third kappa shape index (κ3) is 5.29. The Morgan fingerprint density at radius 2 is 1.06 bits per heavy atom. The highest BCUT2D eigenvalue weighted by Crippen LogP contribution is 2.33. The fourth-order valence-electron chi connectivity index (χ4n) is 1.93. The number of rotatable bonds is 6. The Morgan fingerprint density at radius 3 is 1.22 bits per heavy atom. The van der Waals surface area contributed by atoms with Gasteiger partial charge in [0, 0.05) is 0 Å². The van der Waals surface area contributed by atoms with Crippen molar-refractivity contribution in [2.45, 2.75) is 77.6 Å². The van der Waals surface area contributed by atoms with Gasteiger partial charge in [-0.05, 0) is 23.2 Å². The van der Waals surface area contributed by atoms with Gasteiger partial charge in [-0.15, -0.1) is 33.2 Å². The fourth-order valence-corrected chi connectivity index (χ4v) is 9.01. The Labute approximate surface area is 125 Å². The molecule has 0 fully saturated rings. The molecule has 0 aromatic rings. The van der Waals surface area contributed by atoms with Crippen LogP contribution in [0.2, 0.25) is 23.2 Å². The number of hydrogen-bond donors (Lipinski definition) is 0. The van der Waals surface area contributed by atoms with Gasteiger partial charge in [0.1, 0.15) is 0 Å². The highest BCUT2D eigenvalue weighted by atomic mass is 35.6. The van der Waals surface area contributed by atoms with E-state index >= 15 is 0 Å². The lowest BCUT2D eigenvalue weighted by Gasteiger charge is -2.25. The molecule has 0 nitrogen and oxygen atoms in total. The van der Waals surface area contributed by atoms with Crippen molar-refractivity contribution in [3.05, 3.63) is 0 Å². The third-order valence-corrected chi connectivity index (χ3v) is 15.3. The monoisotopic (exact) mass is 322 g/mol. The molecule has 106 valence electrons. The molecule has 0 N–H and O–H groups in total. The quantitative estimate of drug-likeness (QED) is 0.316. The molecule has 18 heavy (non-hydrogen) atoms. The van der Waals surface area contributed by atoms with Crippen LogP contribution >= 0.6 is 22.2 Å². The molecule has 2 unspecified atom stereocenters. The normalized spacial score (nSPS) is 18.1. The number of hydrogen-bond acceptors (Lipinski definition) is 0. The van der Waals surface area contributed by atoms with E-state index in [1.807, 2.05) is 0 Å². The summed E-state index contributed by atoms with van der Waals surface area (Å²) in [5.74, 6) is 0. The predicted octanol–water partition coefficient (Wildman–Crippen LogP) is 6.08. The Balaban J connectivity index is 5.18. The van der Waals surface area contributed by atoms with Crippen LogP contribution in [-0.4, -0.2) is 14.8 Å². The summed E-state index contributed by atoms with van der Waals surface area (Å²) in [5.41, 5.74) is 7.97. The molecule has 0 aromatic heterocycles. The molecule has 0 heterocycles. The van der Waals surface area contributed by atoms with E-state index in [2.05, 4.69) is 52.6 Å². The second kappa shape index (κ2) is 7.99. The summed E-state index contributed by atoms with van der Waals surface area (Å²) < 4.78 is 0. The number of halogens is 2. The van der Waals surface area contributed by atoms with Crippen LogP contribution < -0.4 is 0 Å². The maximum atomic E-state index is 6.81. The van der Waals surface area contributed by atoms with E-state index in [1.54, 1.807) is 0 Å². The minimum atomic E-state index is -1.95. The highest BCUT2D eigenvalue weighted by Gasteiger charge is 2.36. The Bertz CT molecular complexity index is 279. The van der Waals surface area contributed by atoms with Crippen molar-refractivity contribution >= 4 is 36.9 Å². The van der Waals surface area contributed by atoms with Crippen molar-refractivity contribution in [2.24, 2.45) is 0 Å². The summed E-state index contributed by atoms with van der Waals surface area (Å²) in [6.45, 7) is 13.2. The minimum absolute atomic E-state index is 0.496. The molecule has 0 aliphatic carbocycles. The SMILES string of the molecule is CCC[Si](Cl)(C#C[Si](Cl)(CCC)C(C)C)C(C)C. The van der Waals surface area contributed by atoms with E-state index in [9.17, 15) is 0 Å². The van der Waals surface area contributed by atoms with E-state index in [0.717, 1.165) is 24.9 Å². The molecule has 0 radical (unpaired) electrons. The summed E-state index contributed by atoms with van der Waals surface area (Å²) in [5, 5.41) is 0. The van der Waals surface area contributed by atoms with Crippen LogP contribution in [0.25, 0.3) is 0 Å². The van der Waals surface area contributed by atoms with Gasteiger partial charge in [-0.2, -0.15) is 0 Å². The van der Waals surface area contributed by atoms with Crippen LogP contribution in [0.1, 0.15) is 54.4 Å². The Morgan fingerprint density at radius 1 is 0.778 bits per heavy atom. The molecule has 0 aliphatic heterocycles.